The van der Waals surface area contributed by atoms with E-state index in [1.165, 1.54) is 12.0 Å². The van der Waals surface area contributed by atoms with Crippen LogP contribution in [0.3, 0.4) is 0 Å². The lowest BCUT2D eigenvalue weighted by molar-refractivity contribution is -0.139. The van der Waals surface area contributed by atoms with Gasteiger partial charge in [-0.05, 0) is 54.8 Å². The number of carbonyl (C=O) groups is 3. The number of ether oxygens (including phenoxy) is 2. The van der Waals surface area contributed by atoms with Crippen LogP contribution in [0.2, 0.25) is 0 Å². The quantitative estimate of drug-likeness (QED) is 0.228. The molecule has 3 heterocycles. The monoisotopic (exact) mass is 501 g/mol. The molecule has 0 aliphatic carbocycles. The average Bonchev–Trinajstić information content (AvgIpc) is 3.62. The van der Waals surface area contributed by atoms with Gasteiger partial charge in [0.1, 0.15) is 17.6 Å². The predicted octanol–water partition coefficient (Wildman–Crippen LogP) is 3.51. The molecule has 2 aromatic carbocycles. The van der Waals surface area contributed by atoms with Crippen molar-refractivity contribution >= 4 is 23.4 Å². The Balaban J connectivity index is 1.53. The summed E-state index contributed by atoms with van der Waals surface area (Å²) in [6, 6.07) is 11.0. The number of likely N-dealkylation sites (tertiary alicyclic amines) is 1. The number of benzene rings is 2. The largest absolute Gasteiger partial charge is 0.507 e. The fraction of sp³-hybridized carbons (Fsp3) is 0.286. The van der Waals surface area contributed by atoms with Crippen molar-refractivity contribution < 1.29 is 29.0 Å². The minimum Gasteiger partial charge on any atom is -0.507 e. The number of aryl methyl sites for hydroxylation is 1. The highest BCUT2D eigenvalue weighted by molar-refractivity contribution is 6.46. The Morgan fingerprint density at radius 2 is 1.89 bits per heavy atom. The maximum Gasteiger partial charge on any atom is 0.337 e. The molecule has 1 saturated heterocycles. The SMILES string of the molecule is COC(=O)c1ccc(C2/C(=C(/O)c3ccc4c(c3)CC(C)O4)C(=O)C(=O)N2CCCn2ccnc2)cc1. The van der Waals surface area contributed by atoms with E-state index in [0.29, 0.717) is 42.6 Å². The van der Waals surface area contributed by atoms with E-state index in [9.17, 15) is 19.5 Å². The van der Waals surface area contributed by atoms with Gasteiger partial charge in [-0.25, -0.2) is 9.78 Å². The summed E-state index contributed by atoms with van der Waals surface area (Å²) in [5.41, 5.74) is 2.35. The predicted molar refractivity (Wildman–Crippen MR) is 134 cm³/mol. The lowest BCUT2D eigenvalue weighted by Gasteiger charge is -2.25. The van der Waals surface area contributed by atoms with E-state index in [0.717, 1.165) is 11.3 Å². The van der Waals surface area contributed by atoms with Crippen LogP contribution in [-0.4, -0.2) is 57.0 Å². The number of carbonyl (C=O) groups excluding carboxylic acids is 3. The van der Waals surface area contributed by atoms with Crippen molar-refractivity contribution in [3.63, 3.8) is 0 Å². The van der Waals surface area contributed by atoms with E-state index < -0.39 is 23.7 Å². The number of hydrogen-bond donors (Lipinski definition) is 1. The Bertz CT molecular complexity index is 1380. The zero-order chi connectivity index (χ0) is 26.1. The number of imidazole rings is 1. The molecular weight excluding hydrogens is 474 g/mol. The van der Waals surface area contributed by atoms with Crippen LogP contribution in [0.1, 0.15) is 46.4 Å². The van der Waals surface area contributed by atoms with Crippen LogP contribution in [0.15, 0.2) is 66.8 Å². The van der Waals surface area contributed by atoms with E-state index in [4.69, 9.17) is 9.47 Å². The molecule has 9 heteroatoms. The highest BCUT2D eigenvalue weighted by Crippen LogP contribution is 2.40. The van der Waals surface area contributed by atoms with E-state index in [1.54, 1.807) is 55.0 Å². The van der Waals surface area contributed by atoms with Crippen molar-refractivity contribution in [1.29, 1.82) is 0 Å². The average molecular weight is 502 g/mol. The van der Waals surface area contributed by atoms with Gasteiger partial charge in [0.05, 0.1) is 30.6 Å². The van der Waals surface area contributed by atoms with Crippen LogP contribution in [0.25, 0.3) is 5.76 Å². The molecule has 37 heavy (non-hydrogen) atoms. The molecule has 0 bridgehead atoms. The van der Waals surface area contributed by atoms with Crippen LogP contribution in [0, 0.1) is 0 Å². The highest BCUT2D eigenvalue weighted by atomic mass is 16.5. The first kappa shape index (κ1) is 24.3. The number of aromatic nitrogens is 2. The maximum atomic E-state index is 13.3. The van der Waals surface area contributed by atoms with Crippen LogP contribution < -0.4 is 4.74 Å². The summed E-state index contributed by atoms with van der Waals surface area (Å²) in [5, 5.41) is 11.4. The number of nitrogens with zero attached hydrogens (tertiary/aromatic N) is 3. The minimum atomic E-state index is -0.807. The standard InChI is InChI=1S/C28H27N3O6/c1-17-14-21-15-20(8-9-22(21)37-17)25(32)23-24(18-4-6-19(7-5-18)28(35)36-2)31(27(34)26(23)33)12-3-11-30-13-10-29-16-30/h4-10,13,15-17,24,32H,3,11-12,14H2,1-2H3/b25-23-. The van der Waals surface area contributed by atoms with Crippen LogP contribution >= 0.6 is 0 Å². The fourth-order valence-electron chi connectivity index (χ4n) is 4.94. The first-order chi connectivity index (χ1) is 17.9. The molecule has 2 aliphatic heterocycles. The number of ketones is 1. The normalized spacial score (nSPS) is 20.1. The third kappa shape index (κ3) is 4.60. The smallest absolute Gasteiger partial charge is 0.337 e. The Morgan fingerprint density at radius 1 is 1.14 bits per heavy atom. The Kier molecular flexibility index (Phi) is 6.52. The molecule has 0 saturated carbocycles. The molecule has 2 aliphatic rings. The number of hydrogen-bond acceptors (Lipinski definition) is 7. The number of aliphatic hydroxyl groups excluding tert-OH is 1. The molecule has 1 aromatic heterocycles. The second kappa shape index (κ2) is 9.93. The van der Waals surface area contributed by atoms with E-state index in [-0.39, 0.29) is 17.4 Å². The van der Waals surface area contributed by atoms with Gasteiger partial charge in [0, 0.05) is 37.5 Å². The summed E-state index contributed by atoms with van der Waals surface area (Å²) >= 11 is 0. The molecule has 5 rings (SSSR count). The van der Waals surface area contributed by atoms with Gasteiger partial charge in [0.15, 0.2) is 0 Å². The summed E-state index contributed by atoms with van der Waals surface area (Å²) in [7, 11) is 1.30. The molecule has 1 amide bonds. The lowest BCUT2D eigenvalue weighted by atomic mass is 9.94. The van der Waals surface area contributed by atoms with Gasteiger partial charge in [0.2, 0.25) is 0 Å². The van der Waals surface area contributed by atoms with Gasteiger partial charge in [-0.15, -0.1) is 0 Å². The molecule has 9 nitrogen and oxygen atoms in total. The maximum absolute atomic E-state index is 13.3. The van der Waals surface area contributed by atoms with Gasteiger partial charge in [-0.3, -0.25) is 9.59 Å². The summed E-state index contributed by atoms with van der Waals surface area (Å²) in [4.78, 5) is 43.9. The molecule has 0 radical (unpaired) electrons. The van der Waals surface area contributed by atoms with Crippen molar-refractivity contribution in [2.75, 3.05) is 13.7 Å². The van der Waals surface area contributed by atoms with E-state index >= 15 is 0 Å². The third-order valence-corrected chi connectivity index (χ3v) is 6.73. The number of esters is 1. The molecule has 0 spiro atoms. The number of Topliss-reactive ketones (excluding diaryl/α,β-unsaturated/α-hetero) is 1. The van der Waals surface area contributed by atoms with Crippen LogP contribution in [-0.2, 0) is 27.3 Å². The first-order valence-electron chi connectivity index (χ1n) is 12.1. The van der Waals surface area contributed by atoms with Crippen LogP contribution in [0.5, 0.6) is 5.75 Å². The van der Waals surface area contributed by atoms with Crippen molar-refractivity contribution in [3.8, 4) is 5.75 Å². The molecule has 2 atom stereocenters. The minimum absolute atomic E-state index is 0.0189. The van der Waals surface area contributed by atoms with Crippen LogP contribution in [0.4, 0.5) is 0 Å². The number of aliphatic hydroxyl groups is 1. The number of fused-ring (bicyclic) bond motifs is 1. The van der Waals surface area contributed by atoms with Gasteiger partial charge in [-0.1, -0.05) is 12.1 Å². The zero-order valence-corrected chi connectivity index (χ0v) is 20.6. The van der Waals surface area contributed by atoms with Crippen molar-refractivity contribution in [2.24, 2.45) is 0 Å². The summed E-state index contributed by atoms with van der Waals surface area (Å²) in [6.07, 6.45) is 6.50. The van der Waals surface area contributed by atoms with E-state index in [1.807, 2.05) is 17.7 Å². The fourth-order valence-corrected chi connectivity index (χ4v) is 4.94. The second-order valence-electron chi connectivity index (χ2n) is 9.22. The van der Waals surface area contributed by atoms with Crippen molar-refractivity contribution in [3.05, 3.63) is 89.0 Å². The topological polar surface area (TPSA) is 111 Å². The third-order valence-electron chi connectivity index (χ3n) is 6.73. The van der Waals surface area contributed by atoms with Gasteiger partial charge in [-0.2, -0.15) is 0 Å². The van der Waals surface area contributed by atoms with Gasteiger partial charge >= 0.3 is 5.97 Å². The summed E-state index contributed by atoms with van der Waals surface area (Å²) in [5.74, 6) is -1.39. The van der Waals surface area contributed by atoms with E-state index in [2.05, 4.69) is 4.98 Å². The Morgan fingerprint density at radius 3 is 2.59 bits per heavy atom. The number of methoxy groups -OCH3 is 1. The lowest BCUT2D eigenvalue weighted by Crippen LogP contribution is -2.31. The second-order valence-corrected chi connectivity index (χ2v) is 9.22. The van der Waals surface area contributed by atoms with Crippen molar-refractivity contribution in [1.82, 2.24) is 14.5 Å². The number of amides is 1. The summed E-state index contributed by atoms with van der Waals surface area (Å²) in [6.45, 7) is 2.87. The molecule has 3 aromatic rings. The molecular formula is C28H27N3O6. The summed E-state index contributed by atoms with van der Waals surface area (Å²) < 4.78 is 12.4. The number of rotatable bonds is 7. The molecule has 2 unspecified atom stereocenters. The highest BCUT2D eigenvalue weighted by Gasteiger charge is 2.46. The molecule has 1 fully saturated rings. The van der Waals surface area contributed by atoms with Gasteiger partial charge < -0.3 is 24.0 Å². The molecule has 190 valence electrons. The van der Waals surface area contributed by atoms with Gasteiger partial charge in [0.25, 0.3) is 11.7 Å². The first-order valence-corrected chi connectivity index (χ1v) is 12.1. The zero-order valence-electron chi connectivity index (χ0n) is 20.6. The molecule has 1 N–H and O–H groups in total. The Hall–Kier alpha value is -4.40. The Labute approximate surface area is 213 Å². The van der Waals surface area contributed by atoms with Crippen molar-refractivity contribution in [2.45, 2.75) is 38.5 Å².